The van der Waals surface area contributed by atoms with E-state index in [9.17, 15) is 14.4 Å². The highest BCUT2D eigenvalue weighted by Crippen LogP contribution is 2.17. The maximum Gasteiger partial charge on any atom is 0.333 e. The van der Waals surface area contributed by atoms with Crippen molar-refractivity contribution in [2.75, 3.05) is 27.1 Å². The van der Waals surface area contributed by atoms with E-state index in [2.05, 4.69) is 5.32 Å². The number of ether oxygens (including phenoxy) is 2. The number of aliphatic hydroxyl groups is 1. The molecule has 1 aromatic carbocycles. The fourth-order valence-corrected chi connectivity index (χ4v) is 1.90. The average molecular weight is 320 g/mol. The van der Waals surface area contributed by atoms with Gasteiger partial charge in [-0.1, -0.05) is 12.1 Å². The van der Waals surface area contributed by atoms with Crippen molar-refractivity contribution in [1.82, 2.24) is 10.2 Å². The van der Waals surface area contributed by atoms with Gasteiger partial charge in [-0.05, 0) is 23.8 Å². The molecule has 0 unspecified atom stereocenters. The van der Waals surface area contributed by atoms with Crippen LogP contribution in [0, 0.1) is 0 Å². The van der Waals surface area contributed by atoms with Crippen LogP contribution in [0.2, 0.25) is 0 Å². The smallest absolute Gasteiger partial charge is 0.333 e. The molecule has 0 spiro atoms. The van der Waals surface area contributed by atoms with Crippen LogP contribution >= 0.6 is 0 Å². The van der Waals surface area contributed by atoms with Crippen LogP contribution in [0.1, 0.15) is 5.56 Å². The van der Waals surface area contributed by atoms with Gasteiger partial charge >= 0.3 is 6.03 Å². The molecule has 122 valence electrons. The second-order valence-corrected chi connectivity index (χ2v) is 4.58. The molecule has 1 heterocycles. The lowest BCUT2D eigenvalue weighted by Gasteiger charge is -2.25. The van der Waals surface area contributed by atoms with Crippen LogP contribution in [0.3, 0.4) is 0 Å². The number of nitrogens with zero attached hydrogens (tertiary/aromatic N) is 1. The molecule has 1 aliphatic rings. The van der Waals surface area contributed by atoms with Gasteiger partial charge in [0.15, 0.2) is 0 Å². The lowest BCUT2D eigenvalue weighted by Crippen LogP contribution is -2.54. The van der Waals surface area contributed by atoms with Crippen LogP contribution in [0.4, 0.5) is 4.79 Å². The van der Waals surface area contributed by atoms with Gasteiger partial charge < -0.3 is 14.6 Å². The van der Waals surface area contributed by atoms with Gasteiger partial charge in [0, 0.05) is 0 Å². The summed E-state index contributed by atoms with van der Waals surface area (Å²) in [7, 11) is 1.53. The van der Waals surface area contributed by atoms with Gasteiger partial charge in [-0.2, -0.15) is 0 Å². The Labute approximate surface area is 132 Å². The molecule has 0 radical (unpaired) electrons. The molecule has 0 bridgehead atoms. The molecule has 4 amide bonds. The van der Waals surface area contributed by atoms with Crippen molar-refractivity contribution in [3.8, 4) is 5.75 Å². The first kappa shape index (κ1) is 16.7. The number of aliphatic hydroxyl groups excluding tert-OH is 1. The lowest BCUT2D eigenvalue weighted by molar-refractivity contribution is -0.133. The van der Waals surface area contributed by atoms with Gasteiger partial charge in [0.25, 0.3) is 11.8 Å². The summed E-state index contributed by atoms with van der Waals surface area (Å²) in [6, 6.07) is 5.87. The van der Waals surface area contributed by atoms with E-state index in [1.807, 2.05) is 0 Å². The summed E-state index contributed by atoms with van der Waals surface area (Å²) < 4.78 is 10.00. The van der Waals surface area contributed by atoms with E-state index in [1.54, 1.807) is 24.3 Å². The second kappa shape index (κ2) is 7.52. The number of carbonyl (C=O) groups is 3. The normalized spacial score (nSPS) is 16.7. The zero-order chi connectivity index (χ0) is 16.8. The van der Waals surface area contributed by atoms with E-state index >= 15 is 0 Å². The number of methoxy groups -OCH3 is 1. The van der Waals surface area contributed by atoms with Gasteiger partial charge in [0.2, 0.25) is 0 Å². The third-order valence-corrected chi connectivity index (χ3v) is 3.07. The number of carbonyl (C=O) groups excluding carboxylic acids is 3. The Balaban J connectivity index is 2.21. The zero-order valence-corrected chi connectivity index (χ0v) is 12.4. The maximum absolute atomic E-state index is 12.3. The number of barbiturate groups is 1. The SMILES string of the molecule is COc1ccc(/C=C2\C(=O)NC(=O)N(COCCO)C2=O)cc1. The van der Waals surface area contributed by atoms with Crippen LogP contribution < -0.4 is 10.1 Å². The number of nitrogens with one attached hydrogen (secondary N) is 1. The quantitative estimate of drug-likeness (QED) is 0.438. The largest absolute Gasteiger partial charge is 0.497 e. The van der Waals surface area contributed by atoms with Gasteiger partial charge in [-0.3, -0.25) is 14.9 Å². The fourth-order valence-electron chi connectivity index (χ4n) is 1.90. The van der Waals surface area contributed by atoms with Gasteiger partial charge in [-0.25, -0.2) is 9.69 Å². The molecule has 1 aromatic rings. The molecule has 0 atom stereocenters. The first-order chi connectivity index (χ1) is 11.1. The van der Waals surface area contributed by atoms with Crippen LogP contribution in [-0.2, 0) is 14.3 Å². The predicted octanol–water partition coefficient (Wildman–Crippen LogP) is 0.123. The molecular formula is C15H16N2O6. The average Bonchev–Trinajstić information content (AvgIpc) is 2.55. The molecule has 1 fully saturated rings. The number of imide groups is 2. The van der Waals surface area contributed by atoms with Crippen LogP contribution in [0.5, 0.6) is 5.75 Å². The number of benzene rings is 1. The second-order valence-electron chi connectivity index (χ2n) is 4.58. The molecule has 0 saturated carbocycles. The minimum Gasteiger partial charge on any atom is -0.497 e. The van der Waals surface area contributed by atoms with Crippen molar-refractivity contribution >= 4 is 23.9 Å². The van der Waals surface area contributed by atoms with Crippen molar-refractivity contribution < 1.29 is 29.0 Å². The summed E-state index contributed by atoms with van der Waals surface area (Å²) in [4.78, 5) is 36.6. The summed E-state index contributed by atoms with van der Waals surface area (Å²) >= 11 is 0. The molecule has 2 rings (SSSR count). The highest BCUT2D eigenvalue weighted by atomic mass is 16.5. The first-order valence-corrected chi connectivity index (χ1v) is 6.78. The van der Waals surface area contributed by atoms with E-state index in [1.165, 1.54) is 13.2 Å². The Morgan fingerprint density at radius 2 is 1.91 bits per heavy atom. The Morgan fingerprint density at radius 3 is 2.52 bits per heavy atom. The van der Waals surface area contributed by atoms with E-state index in [0.29, 0.717) is 11.3 Å². The number of urea groups is 1. The minimum atomic E-state index is -0.857. The van der Waals surface area contributed by atoms with E-state index in [0.717, 1.165) is 4.90 Å². The lowest BCUT2D eigenvalue weighted by atomic mass is 10.1. The standard InChI is InChI=1S/C15H16N2O6/c1-22-11-4-2-10(3-5-11)8-12-13(19)16-15(21)17(14(12)20)9-23-7-6-18/h2-5,8,18H,6-7,9H2,1H3,(H,16,19,21)/b12-8+. The monoisotopic (exact) mass is 320 g/mol. The van der Waals surface area contributed by atoms with Crippen molar-refractivity contribution in [3.63, 3.8) is 0 Å². The summed E-state index contributed by atoms with van der Waals surface area (Å²) in [5.74, 6) is -0.887. The zero-order valence-electron chi connectivity index (χ0n) is 12.4. The molecule has 0 aromatic heterocycles. The van der Waals surface area contributed by atoms with E-state index in [-0.39, 0.29) is 25.5 Å². The maximum atomic E-state index is 12.3. The third-order valence-electron chi connectivity index (χ3n) is 3.07. The molecule has 1 aliphatic heterocycles. The summed E-state index contributed by atoms with van der Waals surface area (Å²) in [6.07, 6.45) is 1.38. The van der Waals surface area contributed by atoms with Crippen molar-refractivity contribution in [1.29, 1.82) is 0 Å². The van der Waals surface area contributed by atoms with Crippen molar-refractivity contribution in [2.45, 2.75) is 0 Å². The highest BCUT2D eigenvalue weighted by molar-refractivity contribution is 6.30. The predicted molar refractivity (Wildman–Crippen MR) is 79.3 cm³/mol. The number of hydrogen-bond donors (Lipinski definition) is 2. The number of amides is 4. The number of hydrogen-bond acceptors (Lipinski definition) is 6. The molecule has 1 saturated heterocycles. The van der Waals surface area contributed by atoms with Crippen molar-refractivity contribution in [2.24, 2.45) is 0 Å². The van der Waals surface area contributed by atoms with E-state index < -0.39 is 17.8 Å². The van der Waals surface area contributed by atoms with E-state index in [4.69, 9.17) is 14.6 Å². The summed E-state index contributed by atoms with van der Waals surface area (Å²) in [6.45, 7) is -0.613. The van der Waals surface area contributed by atoms with Crippen LogP contribution in [0.25, 0.3) is 6.08 Å². The Morgan fingerprint density at radius 1 is 1.22 bits per heavy atom. The molecule has 8 nitrogen and oxygen atoms in total. The molecule has 0 aliphatic carbocycles. The third kappa shape index (κ3) is 3.93. The molecular weight excluding hydrogens is 304 g/mol. The highest BCUT2D eigenvalue weighted by Gasteiger charge is 2.35. The van der Waals surface area contributed by atoms with Gasteiger partial charge in [0.05, 0.1) is 20.3 Å². The first-order valence-electron chi connectivity index (χ1n) is 6.78. The van der Waals surface area contributed by atoms with Gasteiger partial charge in [-0.15, -0.1) is 0 Å². The summed E-state index contributed by atoms with van der Waals surface area (Å²) in [5.41, 5.74) is 0.428. The molecule has 23 heavy (non-hydrogen) atoms. The number of rotatable bonds is 6. The van der Waals surface area contributed by atoms with Crippen LogP contribution in [0.15, 0.2) is 29.8 Å². The Kier molecular flexibility index (Phi) is 5.45. The molecule has 2 N–H and O–H groups in total. The van der Waals surface area contributed by atoms with Gasteiger partial charge in [0.1, 0.15) is 18.1 Å². The topological polar surface area (TPSA) is 105 Å². The Bertz CT molecular complexity index is 638. The fraction of sp³-hybridized carbons (Fsp3) is 0.267. The molecule has 8 heteroatoms. The van der Waals surface area contributed by atoms with Crippen molar-refractivity contribution in [3.05, 3.63) is 35.4 Å². The minimum absolute atomic E-state index is 0.0253. The Hall–Kier alpha value is -2.71. The summed E-state index contributed by atoms with van der Waals surface area (Å²) in [5, 5.41) is 10.7. The van der Waals surface area contributed by atoms with Crippen LogP contribution in [-0.4, -0.2) is 54.9 Å².